The second-order valence-corrected chi connectivity index (χ2v) is 4.86. The van der Waals surface area contributed by atoms with Crippen LogP contribution in [0.5, 0.6) is 0 Å². The van der Waals surface area contributed by atoms with Crippen LogP contribution in [0.2, 0.25) is 5.02 Å². The molecule has 0 bridgehead atoms. The molecule has 3 N–H and O–H groups in total. The third kappa shape index (κ3) is 2.26. The number of nitrogens with zero attached hydrogens (tertiary/aromatic N) is 2. The summed E-state index contributed by atoms with van der Waals surface area (Å²) < 4.78 is 0. The third-order valence-corrected chi connectivity index (χ3v) is 3.49. The van der Waals surface area contributed by atoms with Gasteiger partial charge in [0.05, 0.1) is 35.6 Å². The molecule has 2 amide bonds. The lowest BCUT2D eigenvalue weighted by Crippen LogP contribution is -2.34. The van der Waals surface area contributed by atoms with Crippen LogP contribution >= 0.6 is 11.6 Å². The Kier molecular flexibility index (Phi) is 3.36. The number of anilines is 1. The van der Waals surface area contributed by atoms with Gasteiger partial charge in [-0.15, -0.1) is 0 Å². The van der Waals surface area contributed by atoms with Gasteiger partial charge >= 0.3 is 0 Å². The van der Waals surface area contributed by atoms with E-state index >= 15 is 0 Å². The molecule has 0 aliphatic carbocycles. The van der Waals surface area contributed by atoms with Crippen molar-refractivity contribution in [3.05, 3.63) is 35.1 Å². The second-order valence-electron chi connectivity index (χ2n) is 4.46. The first-order valence-electron chi connectivity index (χ1n) is 6.19. The third-order valence-electron chi connectivity index (χ3n) is 3.16. The number of β-amino-alcohol motifs (C(OH)–C–C–N with tert-alkyl or cyclic N) is 1. The number of aliphatic hydroxyl groups excluding tert-OH is 1. The number of hydrogen-bond acceptors (Lipinski definition) is 5. The molecule has 1 aliphatic rings. The van der Waals surface area contributed by atoms with Crippen molar-refractivity contribution in [3.63, 3.8) is 0 Å². The maximum Gasteiger partial charge on any atom is 0.277 e. The highest BCUT2D eigenvalue weighted by molar-refractivity contribution is 6.35. The van der Waals surface area contributed by atoms with Crippen LogP contribution in [0.4, 0.5) is 5.69 Å². The highest BCUT2D eigenvalue weighted by Gasteiger charge is 2.30. The highest BCUT2D eigenvalue weighted by atomic mass is 35.5. The number of aromatic nitrogens is 2. The smallest absolute Gasteiger partial charge is 0.277 e. The molecule has 2 heterocycles. The van der Waals surface area contributed by atoms with E-state index in [0.717, 1.165) is 4.90 Å². The Morgan fingerprint density at radius 1 is 1.38 bits per heavy atom. The van der Waals surface area contributed by atoms with Gasteiger partial charge < -0.3 is 10.4 Å². The molecule has 2 aromatic rings. The minimum Gasteiger partial charge on any atom is -0.395 e. The van der Waals surface area contributed by atoms with Crippen LogP contribution in [0.3, 0.4) is 0 Å². The van der Waals surface area contributed by atoms with E-state index in [2.05, 4.69) is 15.5 Å². The molecule has 0 unspecified atom stereocenters. The van der Waals surface area contributed by atoms with Crippen LogP contribution in [0, 0.1) is 0 Å². The Hall–Kier alpha value is -2.38. The van der Waals surface area contributed by atoms with Crippen LogP contribution in [0.25, 0.3) is 10.9 Å². The molecule has 7 nitrogen and oxygen atoms in total. The highest BCUT2D eigenvalue weighted by Crippen LogP contribution is 2.29. The van der Waals surface area contributed by atoms with E-state index < -0.39 is 11.8 Å². The molecule has 21 heavy (non-hydrogen) atoms. The van der Waals surface area contributed by atoms with Gasteiger partial charge in [0.25, 0.3) is 11.8 Å². The standard InChI is InChI=1S/C13H11ClN4O3/c14-8-1-2-9(12-7(8)6-15-17-12)16-10-5-11(20)18(3-4-19)13(10)21/h1-2,5-6,16,19H,3-4H2,(H,15,17). The molecule has 8 heteroatoms. The molecular formula is C13H11ClN4O3. The van der Waals surface area contributed by atoms with Gasteiger partial charge in [0.1, 0.15) is 5.70 Å². The number of carbonyl (C=O) groups excluding carboxylic acids is 2. The first-order chi connectivity index (χ1) is 10.1. The van der Waals surface area contributed by atoms with Gasteiger partial charge in [-0.05, 0) is 12.1 Å². The van der Waals surface area contributed by atoms with E-state index in [0.29, 0.717) is 21.6 Å². The molecule has 3 rings (SSSR count). The fourth-order valence-corrected chi connectivity index (χ4v) is 2.37. The molecule has 108 valence electrons. The number of benzene rings is 1. The molecule has 0 saturated carbocycles. The van der Waals surface area contributed by atoms with Gasteiger partial charge in [-0.1, -0.05) is 11.6 Å². The Morgan fingerprint density at radius 2 is 2.19 bits per heavy atom. The number of nitrogens with one attached hydrogen (secondary N) is 2. The number of aliphatic hydroxyl groups is 1. The quantitative estimate of drug-likeness (QED) is 0.728. The predicted octanol–water partition coefficient (Wildman–Crippen LogP) is 0.873. The predicted molar refractivity (Wildman–Crippen MR) is 76.6 cm³/mol. The maximum atomic E-state index is 12.1. The van der Waals surface area contributed by atoms with E-state index in [1.165, 1.54) is 6.08 Å². The summed E-state index contributed by atoms with van der Waals surface area (Å²) in [6, 6.07) is 3.37. The summed E-state index contributed by atoms with van der Waals surface area (Å²) in [5, 5.41) is 19.7. The zero-order valence-corrected chi connectivity index (χ0v) is 11.5. The number of hydrogen-bond donors (Lipinski definition) is 3. The minimum atomic E-state index is -0.475. The average molecular weight is 307 g/mol. The fourth-order valence-electron chi connectivity index (χ4n) is 2.16. The Labute approximate surface area is 124 Å². The van der Waals surface area contributed by atoms with Gasteiger partial charge in [0, 0.05) is 11.5 Å². The van der Waals surface area contributed by atoms with Gasteiger partial charge in [0.15, 0.2) is 0 Å². The van der Waals surface area contributed by atoms with Gasteiger partial charge in [0.2, 0.25) is 0 Å². The number of fused-ring (bicyclic) bond motifs is 1. The van der Waals surface area contributed by atoms with Crippen molar-refractivity contribution in [1.29, 1.82) is 0 Å². The summed E-state index contributed by atoms with van der Waals surface area (Å²) >= 11 is 6.04. The number of amides is 2. The molecule has 1 aromatic carbocycles. The Balaban J connectivity index is 1.91. The molecule has 0 saturated heterocycles. The molecule has 0 atom stereocenters. The molecule has 1 aliphatic heterocycles. The molecule has 1 aromatic heterocycles. The zero-order valence-electron chi connectivity index (χ0n) is 10.8. The van der Waals surface area contributed by atoms with Crippen molar-refractivity contribution in [2.24, 2.45) is 0 Å². The van der Waals surface area contributed by atoms with Crippen molar-refractivity contribution >= 4 is 40.0 Å². The van der Waals surface area contributed by atoms with E-state index in [1.54, 1.807) is 18.3 Å². The largest absolute Gasteiger partial charge is 0.395 e. The van der Waals surface area contributed by atoms with Crippen LogP contribution in [-0.2, 0) is 9.59 Å². The molecular weight excluding hydrogens is 296 g/mol. The van der Waals surface area contributed by atoms with Crippen LogP contribution in [-0.4, -0.2) is 45.2 Å². The van der Waals surface area contributed by atoms with E-state index in [9.17, 15) is 9.59 Å². The summed E-state index contributed by atoms with van der Waals surface area (Å²) in [6.07, 6.45) is 2.78. The summed E-state index contributed by atoms with van der Waals surface area (Å²) in [5.41, 5.74) is 1.38. The van der Waals surface area contributed by atoms with Crippen molar-refractivity contribution < 1.29 is 14.7 Å². The van der Waals surface area contributed by atoms with E-state index in [-0.39, 0.29) is 18.8 Å². The SMILES string of the molecule is O=C1C=C(Nc2ccc(Cl)c3cn[nH]c23)C(=O)N1CCO. The summed E-state index contributed by atoms with van der Waals surface area (Å²) in [4.78, 5) is 24.7. The van der Waals surface area contributed by atoms with Crippen LogP contribution in [0.1, 0.15) is 0 Å². The van der Waals surface area contributed by atoms with Crippen LogP contribution in [0.15, 0.2) is 30.1 Å². The van der Waals surface area contributed by atoms with Crippen molar-refractivity contribution in [3.8, 4) is 0 Å². The first-order valence-corrected chi connectivity index (χ1v) is 6.56. The Bertz CT molecular complexity index is 768. The van der Waals surface area contributed by atoms with Gasteiger partial charge in [-0.2, -0.15) is 5.10 Å². The minimum absolute atomic E-state index is 0.0283. The normalized spacial score (nSPS) is 15.0. The van der Waals surface area contributed by atoms with Crippen molar-refractivity contribution in [2.45, 2.75) is 0 Å². The topological polar surface area (TPSA) is 98.3 Å². The Morgan fingerprint density at radius 3 is 2.95 bits per heavy atom. The lowest BCUT2D eigenvalue weighted by atomic mass is 10.2. The maximum absolute atomic E-state index is 12.1. The lowest BCUT2D eigenvalue weighted by Gasteiger charge is -2.13. The molecule has 0 spiro atoms. The average Bonchev–Trinajstić information content (AvgIpc) is 3.04. The van der Waals surface area contributed by atoms with E-state index in [1.807, 2.05) is 0 Å². The fraction of sp³-hybridized carbons (Fsp3) is 0.154. The lowest BCUT2D eigenvalue weighted by molar-refractivity contribution is -0.137. The summed E-state index contributed by atoms with van der Waals surface area (Å²) in [5.74, 6) is -0.928. The number of rotatable bonds is 4. The number of H-pyrrole nitrogens is 1. The zero-order chi connectivity index (χ0) is 15.0. The summed E-state index contributed by atoms with van der Waals surface area (Å²) in [6.45, 7) is -0.302. The first kappa shape index (κ1) is 13.6. The van der Waals surface area contributed by atoms with Crippen molar-refractivity contribution in [2.75, 3.05) is 18.5 Å². The number of aromatic amines is 1. The second kappa shape index (κ2) is 5.19. The van der Waals surface area contributed by atoms with Gasteiger partial charge in [-0.25, -0.2) is 0 Å². The van der Waals surface area contributed by atoms with Crippen molar-refractivity contribution in [1.82, 2.24) is 15.1 Å². The summed E-state index contributed by atoms with van der Waals surface area (Å²) in [7, 11) is 0. The number of imide groups is 1. The monoisotopic (exact) mass is 306 g/mol. The van der Waals surface area contributed by atoms with E-state index in [4.69, 9.17) is 16.7 Å². The van der Waals surface area contributed by atoms with Crippen LogP contribution < -0.4 is 5.32 Å². The van der Waals surface area contributed by atoms with Gasteiger partial charge in [-0.3, -0.25) is 19.6 Å². The number of carbonyl (C=O) groups is 2. The number of halogens is 1. The molecule has 0 radical (unpaired) electrons. The molecule has 0 fully saturated rings.